The van der Waals surface area contributed by atoms with Crippen molar-refractivity contribution in [3.63, 3.8) is 0 Å². The number of hydrogen-bond donors (Lipinski definition) is 1. The second kappa shape index (κ2) is 4.58. The molecule has 2 N–H and O–H groups in total. The monoisotopic (exact) mass is 193 g/mol. The topological polar surface area (TPSA) is 35.2 Å². The van der Waals surface area contributed by atoms with Gasteiger partial charge in [0.15, 0.2) is 0 Å². The maximum Gasteiger partial charge on any atom is 0.0655 e. The van der Waals surface area contributed by atoms with E-state index in [2.05, 4.69) is 32.9 Å². The van der Waals surface area contributed by atoms with E-state index in [1.165, 1.54) is 22.3 Å². The van der Waals surface area contributed by atoms with Gasteiger partial charge in [-0.05, 0) is 43.0 Å². The predicted octanol–water partition coefficient (Wildman–Crippen LogP) is 2.26. The quantitative estimate of drug-likeness (QED) is 0.799. The maximum atomic E-state index is 6.00. The molecular formula is C12H19NO. The molecule has 0 saturated heterocycles. The number of rotatable bonds is 3. The second-order valence-corrected chi connectivity index (χ2v) is 3.85. The normalized spacial score (nSPS) is 12.9. The van der Waals surface area contributed by atoms with Gasteiger partial charge in [0.25, 0.3) is 0 Å². The van der Waals surface area contributed by atoms with Crippen molar-refractivity contribution >= 4 is 0 Å². The van der Waals surface area contributed by atoms with Crippen molar-refractivity contribution in [2.45, 2.75) is 26.8 Å². The molecule has 1 rings (SSSR count). The Bertz CT molecular complexity index is 320. The largest absolute Gasteiger partial charge is 0.383 e. The molecule has 0 fully saturated rings. The summed E-state index contributed by atoms with van der Waals surface area (Å²) in [6.45, 7) is 6.90. The highest BCUT2D eigenvalue weighted by Crippen LogP contribution is 2.20. The Balaban J connectivity index is 3.02. The van der Waals surface area contributed by atoms with Gasteiger partial charge in [-0.15, -0.1) is 0 Å². The highest BCUT2D eigenvalue weighted by atomic mass is 16.5. The molecule has 0 radical (unpaired) electrons. The summed E-state index contributed by atoms with van der Waals surface area (Å²) in [5, 5.41) is 0. The zero-order valence-electron chi connectivity index (χ0n) is 9.42. The summed E-state index contributed by atoms with van der Waals surface area (Å²) in [6.07, 6.45) is 0. The maximum absolute atomic E-state index is 6.00. The SMILES string of the molecule is COCC(N)c1cc(C)c(C)cc1C. The molecule has 0 amide bonds. The van der Waals surface area contributed by atoms with Gasteiger partial charge in [-0.3, -0.25) is 0 Å². The number of benzene rings is 1. The first-order valence-corrected chi connectivity index (χ1v) is 4.88. The molecule has 0 aliphatic carbocycles. The summed E-state index contributed by atoms with van der Waals surface area (Å²) < 4.78 is 5.06. The third-order valence-electron chi connectivity index (χ3n) is 2.63. The van der Waals surface area contributed by atoms with Crippen LogP contribution in [0, 0.1) is 20.8 Å². The molecule has 1 aromatic rings. The minimum Gasteiger partial charge on any atom is -0.383 e. The van der Waals surface area contributed by atoms with Crippen LogP contribution in [-0.4, -0.2) is 13.7 Å². The van der Waals surface area contributed by atoms with Gasteiger partial charge in [-0.1, -0.05) is 12.1 Å². The summed E-state index contributed by atoms with van der Waals surface area (Å²) in [6, 6.07) is 4.33. The molecule has 0 bridgehead atoms. The average Bonchev–Trinajstić information content (AvgIpc) is 2.11. The zero-order chi connectivity index (χ0) is 10.7. The second-order valence-electron chi connectivity index (χ2n) is 3.85. The lowest BCUT2D eigenvalue weighted by Gasteiger charge is -2.15. The van der Waals surface area contributed by atoms with Crippen LogP contribution in [0.4, 0.5) is 0 Å². The summed E-state index contributed by atoms with van der Waals surface area (Å²) in [4.78, 5) is 0. The molecule has 78 valence electrons. The molecule has 0 saturated carbocycles. The molecule has 0 aliphatic rings. The van der Waals surface area contributed by atoms with Gasteiger partial charge in [-0.2, -0.15) is 0 Å². The lowest BCUT2D eigenvalue weighted by molar-refractivity contribution is 0.180. The first-order chi connectivity index (χ1) is 6.56. The van der Waals surface area contributed by atoms with E-state index in [-0.39, 0.29) is 6.04 Å². The number of hydrogen-bond acceptors (Lipinski definition) is 2. The molecule has 0 spiro atoms. The van der Waals surface area contributed by atoms with Gasteiger partial charge in [0.2, 0.25) is 0 Å². The number of nitrogens with two attached hydrogens (primary N) is 1. The summed E-state index contributed by atoms with van der Waals surface area (Å²) >= 11 is 0. The minimum absolute atomic E-state index is 0.0145. The highest BCUT2D eigenvalue weighted by Gasteiger charge is 2.09. The summed E-state index contributed by atoms with van der Waals surface area (Å²) in [7, 11) is 1.68. The van der Waals surface area contributed by atoms with Crippen molar-refractivity contribution < 1.29 is 4.74 Å². The van der Waals surface area contributed by atoms with E-state index >= 15 is 0 Å². The van der Waals surface area contributed by atoms with Gasteiger partial charge in [0.05, 0.1) is 12.6 Å². The molecule has 0 heterocycles. The van der Waals surface area contributed by atoms with E-state index in [1.807, 2.05) is 0 Å². The van der Waals surface area contributed by atoms with E-state index in [1.54, 1.807) is 7.11 Å². The van der Waals surface area contributed by atoms with Crippen molar-refractivity contribution in [1.82, 2.24) is 0 Å². The van der Waals surface area contributed by atoms with Gasteiger partial charge in [-0.25, -0.2) is 0 Å². The lowest BCUT2D eigenvalue weighted by Crippen LogP contribution is -2.17. The van der Waals surface area contributed by atoms with Crippen molar-refractivity contribution in [3.05, 3.63) is 34.4 Å². The Morgan fingerprint density at radius 3 is 2.29 bits per heavy atom. The van der Waals surface area contributed by atoms with Crippen molar-refractivity contribution in [1.29, 1.82) is 0 Å². The van der Waals surface area contributed by atoms with Crippen LogP contribution in [0.15, 0.2) is 12.1 Å². The molecule has 2 nitrogen and oxygen atoms in total. The number of aryl methyl sites for hydroxylation is 3. The Labute approximate surface area is 86.1 Å². The fraction of sp³-hybridized carbons (Fsp3) is 0.500. The third kappa shape index (κ3) is 2.34. The van der Waals surface area contributed by atoms with Crippen LogP contribution >= 0.6 is 0 Å². The van der Waals surface area contributed by atoms with E-state index in [0.717, 1.165) is 0 Å². The molecule has 0 aromatic heterocycles. The van der Waals surface area contributed by atoms with Crippen LogP contribution in [0.25, 0.3) is 0 Å². The van der Waals surface area contributed by atoms with Gasteiger partial charge in [0, 0.05) is 7.11 Å². The third-order valence-corrected chi connectivity index (χ3v) is 2.63. The predicted molar refractivity (Wildman–Crippen MR) is 59.5 cm³/mol. The van der Waals surface area contributed by atoms with Crippen LogP contribution in [0.2, 0.25) is 0 Å². The molecular weight excluding hydrogens is 174 g/mol. The Kier molecular flexibility index (Phi) is 3.67. The first-order valence-electron chi connectivity index (χ1n) is 4.88. The van der Waals surface area contributed by atoms with Gasteiger partial charge >= 0.3 is 0 Å². The molecule has 2 heteroatoms. The van der Waals surface area contributed by atoms with Crippen molar-refractivity contribution in [3.8, 4) is 0 Å². The summed E-state index contributed by atoms with van der Waals surface area (Å²) in [5.74, 6) is 0. The Hall–Kier alpha value is -0.860. The first kappa shape index (κ1) is 11.2. The van der Waals surface area contributed by atoms with Crippen LogP contribution in [0.5, 0.6) is 0 Å². The van der Waals surface area contributed by atoms with Crippen LogP contribution < -0.4 is 5.73 Å². The Morgan fingerprint density at radius 1 is 1.14 bits per heavy atom. The number of methoxy groups -OCH3 is 1. The van der Waals surface area contributed by atoms with Gasteiger partial charge < -0.3 is 10.5 Å². The number of ether oxygens (including phenoxy) is 1. The smallest absolute Gasteiger partial charge is 0.0655 e. The van der Waals surface area contributed by atoms with E-state index < -0.39 is 0 Å². The molecule has 1 atom stereocenters. The molecule has 1 aromatic carbocycles. The standard InChI is InChI=1S/C12H19NO/c1-8-5-10(3)11(6-9(8)2)12(13)7-14-4/h5-6,12H,7,13H2,1-4H3. The fourth-order valence-corrected chi connectivity index (χ4v) is 1.65. The van der Waals surface area contributed by atoms with E-state index in [4.69, 9.17) is 10.5 Å². The lowest BCUT2D eigenvalue weighted by atomic mass is 9.96. The molecule has 1 unspecified atom stereocenters. The van der Waals surface area contributed by atoms with Crippen molar-refractivity contribution in [2.75, 3.05) is 13.7 Å². The zero-order valence-corrected chi connectivity index (χ0v) is 9.42. The highest BCUT2D eigenvalue weighted by molar-refractivity contribution is 5.38. The summed E-state index contributed by atoms with van der Waals surface area (Å²) in [5.41, 5.74) is 11.0. The fourth-order valence-electron chi connectivity index (χ4n) is 1.65. The Morgan fingerprint density at radius 2 is 1.71 bits per heavy atom. The van der Waals surface area contributed by atoms with Crippen molar-refractivity contribution in [2.24, 2.45) is 5.73 Å². The van der Waals surface area contributed by atoms with E-state index in [9.17, 15) is 0 Å². The molecule has 14 heavy (non-hydrogen) atoms. The molecule has 0 aliphatic heterocycles. The van der Waals surface area contributed by atoms with Gasteiger partial charge in [0.1, 0.15) is 0 Å². The average molecular weight is 193 g/mol. The van der Waals surface area contributed by atoms with Crippen LogP contribution in [0.1, 0.15) is 28.3 Å². The van der Waals surface area contributed by atoms with E-state index in [0.29, 0.717) is 6.61 Å². The van der Waals surface area contributed by atoms with Crippen LogP contribution in [0.3, 0.4) is 0 Å². The van der Waals surface area contributed by atoms with Crippen LogP contribution in [-0.2, 0) is 4.74 Å². The minimum atomic E-state index is -0.0145.